The lowest BCUT2D eigenvalue weighted by atomic mass is 10.0. The van der Waals surface area contributed by atoms with Gasteiger partial charge < -0.3 is 10.6 Å². The molecule has 1 heterocycles. The van der Waals surface area contributed by atoms with Gasteiger partial charge in [0.2, 0.25) is 5.91 Å². The van der Waals surface area contributed by atoms with Crippen molar-refractivity contribution in [3.05, 3.63) is 0 Å². The van der Waals surface area contributed by atoms with Gasteiger partial charge in [-0.15, -0.1) is 0 Å². The standard InChI is InChI=1S/C12H25N3OS/c1-4-14-12(2,3)11(16)13-5-6-15-7-9-17-10-8-15/h14H,4-10H2,1-3H3,(H,13,16). The second-order valence-electron chi connectivity index (χ2n) is 4.87. The molecule has 0 spiro atoms. The molecule has 0 aromatic rings. The third-order valence-electron chi connectivity index (χ3n) is 3.00. The summed E-state index contributed by atoms with van der Waals surface area (Å²) in [6.45, 7) is 10.7. The Balaban J connectivity index is 2.18. The fraction of sp³-hybridized carbons (Fsp3) is 0.917. The van der Waals surface area contributed by atoms with Crippen molar-refractivity contribution < 1.29 is 4.79 Å². The molecule has 1 aliphatic heterocycles. The predicted octanol–water partition coefficient (Wildman–Crippen LogP) is 0.540. The molecule has 1 aliphatic rings. The van der Waals surface area contributed by atoms with Gasteiger partial charge in [-0.2, -0.15) is 11.8 Å². The number of nitrogens with one attached hydrogen (secondary N) is 2. The molecule has 1 saturated heterocycles. The third-order valence-corrected chi connectivity index (χ3v) is 3.95. The van der Waals surface area contributed by atoms with E-state index in [4.69, 9.17) is 0 Å². The van der Waals surface area contributed by atoms with E-state index in [1.54, 1.807) is 0 Å². The third kappa shape index (κ3) is 5.27. The number of nitrogens with zero attached hydrogens (tertiary/aromatic N) is 1. The maximum atomic E-state index is 11.9. The fourth-order valence-electron chi connectivity index (χ4n) is 1.90. The lowest BCUT2D eigenvalue weighted by molar-refractivity contribution is -0.126. The van der Waals surface area contributed by atoms with E-state index >= 15 is 0 Å². The van der Waals surface area contributed by atoms with Crippen molar-refractivity contribution in [1.29, 1.82) is 0 Å². The van der Waals surface area contributed by atoms with E-state index in [1.165, 1.54) is 11.5 Å². The molecule has 0 aromatic carbocycles. The molecule has 0 bridgehead atoms. The number of hydrogen-bond acceptors (Lipinski definition) is 4. The van der Waals surface area contributed by atoms with E-state index < -0.39 is 5.54 Å². The molecule has 5 heteroatoms. The van der Waals surface area contributed by atoms with Crippen molar-refractivity contribution in [3.63, 3.8) is 0 Å². The maximum Gasteiger partial charge on any atom is 0.239 e. The van der Waals surface area contributed by atoms with E-state index in [1.807, 2.05) is 32.5 Å². The number of amides is 1. The highest BCUT2D eigenvalue weighted by atomic mass is 32.2. The zero-order chi connectivity index (χ0) is 12.7. The van der Waals surface area contributed by atoms with Crippen molar-refractivity contribution >= 4 is 17.7 Å². The summed E-state index contributed by atoms with van der Waals surface area (Å²) in [6.07, 6.45) is 0. The molecule has 4 nitrogen and oxygen atoms in total. The Morgan fingerprint density at radius 3 is 2.59 bits per heavy atom. The van der Waals surface area contributed by atoms with Crippen molar-refractivity contribution in [1.82, 2.24) is 15.5 Å². The van der Waals surface area contributed by atoms with Gasteiger partial charge in [-0.3, -0.25) is 9.69 Å². The first-order valence-corrected chi connectivity index (χ1v) is 7.55. The van der Waals surface area contributed by atoms with Crippen molar-refractivity contribution in [2.24, 2.45) is 0 Å². The smallest absolute Gasteiger partial charge is 0.239 e. The molecule has 1 amide bonds. The normalized spacial score (nSPS) is 18.1. The van der Waals surface area contributed by atoms with E-state index in [2.05, 4.69) is 15.5 Å². The van der Waals surface area contributed by atoms with Gasteiger partial charge in [0.25, 0.3) is 0 Å². The second-order valence-corrected chi connectivity index (χ2v) is 6.09. The van der Waals surface area contributed by atoms with Crippen molar-refractivity contribution in [3.8, 4) is 0 Å². The summed E-state index contributed by atoms with van der Waals surface area (Å²) in [5.74, 6) is 2.53. The number of carbonyl (C=O) groups excluding carboxylic acids is 1. The second kappa shape index (κ2) is 7.24. The summed E-state index contributed by atoms with van der Waals surface area (Å²) >= 11 is 2.01. The van der Waals surface area contributed by atoms with Crippen LogP contribution in [0.1, 0.15) is 20.8 Å². The number of rotatable bonds is 6. The molecule has 1 fully saturated rings. The SMILES string of the molecule is CCNC(C)(C)C(=O)NCCN1CCSCC1. The van der Waals surface area contributed by atoms with Crippen LogP contribution in [-0.2, 0) is 4.79 Å². The lowest BCUT2D eigenvalue weighted by Gasteiger charge is -2.28. The van der Waals surface area contributed by atoms with Gasteiger partial charge in [0.1, 0.15) is 0 Å². The molecule has 1 rings (SSSR count). The van der Waals surface area contributed by atoms with Crippen molar-refractivity contribution in [2.45, 2.75) is 26.3 Å². The maximum absolute atomic E-state index is 11.9. The van der Waals surface area contributed by atoms with Gasteiger partial charge in [-0.1, -0.05) is 6.92 Å². The summed E-state index contributed by atoms with van der Waals surface area (Å²) in [4.78, 5) is 14.3. The van der Waals surface area contributed by atoms with E-state index in [-0.39, 0.29) is 5.91 Å². The number of likely N-dealkylation sites (N-methyl/N-ethyl adjacent to an activating group) is 1. The van der Waals surface area contributed by atoms with Crippen LogP contribution in [0.3, 0.4) is 0 Å². The van der Waals surface area contributed by atoms with E-state index in [0.29, 0.717) is 0 Å². The first kappa shape index (κ1) is 14.8. The number of carbonyl (C=O) groups is 1. The van der Waals surface area contributed by atoms with Gasteiger partial charge in [0, 0.05) is 37.7 Å². The largest absolute Gasteiger partial charge is 0.353 e. The van der Waals surface area contributed by atoms with Gasteiger partial charge in [-0.25, -0.2) is 0 Å². The van der Waals surface area contributed by atoms with E-state index in [0.717, 1.165) is 32.7 Å². The quantitative estimate of drug-likeness (QED) is 0.731. The van der Waals surface area contributed by atoms with Crippen LogP contribution in [0.4, 0.5) is 0 Å². The van der Waals surface area contributed by atoms with Gasteiger partial charge >= 0.3 is 0 Å². The van der Waals surface area contributed by atoms with Crippen LogP contribution in [0.15, 0.2) is 0 Å². The molecule has 0 atom stereocenters. The van der Waals surface area contributed by atoms with Crippen LogP contribution < -0.4 is 10.6 Å². The summed E-state index contributed by atoms with van der Waals surface area (Å²) in [5, 5.41) is 6.19. The molecule has 0 saturated carbocycles. The molecule has 0 radical (unpaired) electrons. The topological polar surface area (TPSA) is 44.4 Å². The van der Waals surface area contributed by atoms with Crippen LogP contribution in [0.25, 0.3) is 0 Å². The zero-order valence-corrected chi connectivity index (χ0v) is 12.0. The molecule has 0 aromatic heterocycles. The highest BCUT2D eigenvalue weighted by Crippen LogP contribution is 2.08. The highest BCUT2D eigenvalue weighted by molar-refractivity contribution is 7.99. The van der Waals surface area contributed by atoms with Gasteiger partial charge in [-0.05, 0) is 20.4 Å². The van der Waals surface area contributed by atoms with E-state index in [9.17, 15) is 4.79 Å². The van der Waals surface area contributed by atoms with Crippen LogP contribution >= 0.6 is 11.8 Å². The Morgan fingerprint density at radius 2 is 2.00 bits per heavy atom. The van der Waals surface area contributed by atoms with Crippen LogP contribution in [-0.4, -0.2) is 60.6 Å². The Hall–Kier alpha value is -0.260. The van der Waals surface area contributed by atoms with Crippen LogP contribution in [0.2, 0.25) is 0 Å². The average Bonchev–Trinajstić information content (AvgIpc) is 2.30. The molecule has 2 N–H and O–H groups in total. The predicted molar refractivity (Wildman–Crippen MR) is 74.5 cm³/mol. The highest BCUT2D eigenvalue weighted by Gasteiger charge is 2.25. The molecular weight excluding hydrogens is 234 g/mol. The summed E-state index contributed by atoms with van der Waals surface area (Å²) in [7, 11) is 0. The molecule has 17 heavy (non-hydrogen) atoms. The molecular formula is C12H25N3OS. The molecule has 0 unspecified atom stereocenters. The minimum atomic E-state index is -0.466. The zero-order valence-electron chi connectivity index (χ0n) is 11.2. The van der Waals surface area contributed by atoms with Gasteiger partial charge in [0.15, 0.2) is 0 Å². The lowest BCUT2D eigenvalue weighted by Crippen LogP contribution is -2.53. The molecule has 100 valence electrons. The Labute approximate surface area is 109 Å². The summed E-state index contributed by atoms with van der Waals surface area (Å²) in [5.41, 5.74) is -0.466. The summed E-state index contributed by atoms with van der Waals surface area (Å²) < 4.78 is 0. The van der Waals surface area contributed by atoms with Crippen LogP contribution in [0.5, 0.6) is 0 Å². The Kier molecular flexibility index (Phi) is 6.30. The average molecular weight is 259 g/mol. The number of thioether (sulfide) groups is 1. The van der Waals surface area contributed by atoms with Gasteiger partial charge in [0.05, 0.1) is 5.54 Å². The Bertz CT molecular complexity index is 240. The first-order valence-electron chi connectivity index (χ1n) is 6.39. The minimum Gasteiger partial charge on any atom is -0.353 e. The van der Waals surface area contributed by atoms with Crippen molar-refractivity contribution in [2.75, 3.05) is 44.2 Å². The monoisotopic (exact) mass is 259 g/mol. The minimum absolute atomic E-state index is 0.0886. The summed E-state index contributed by atoms with van der Waals surface area (Å²) in [6, 6.07) is 0. The first-order chi connectivity index (χ1) is 8.06. The van der Waals surface area contributed by atoms with Crippen LogP contribution in [0, 0.1) is 0 Å². The fourth-order valence-corrected chi connectivity index (χ4v) is 2.87. The molecule has 0 aliphatic carbocycles. The number of hydrogen-bond donors (Lipinski definition) is 2. The Morgan fingerprint density at radius 1 is 1.35 bits per heavy atom.